The first-order chi connectivity index (χ1) is 14.4. The van der Waals surface area contributed by atoms with Crippen LogP contribution in [-0.2, 0) is 6.42 Å². The SMILES string of the molecule is O=C(Nc1ccc(OCCCc2cccnc2)cc1C(=O)O)c1ccc(Cl)cc1Cl. The third-order valence-corrected chi connectivity index (χ3v) is 4.79. The first kappa shape index (κ1) is 21.6. The minimum Gasteiger partial charge on any atom is -0.494 e. The fraction of sp³-hybridized carbons (Fsp3) is 0.136. The molecule has 0 unspecified atom stereocenters. The van der Waals surface area contributed by atoms with Gasteiger partial charge in [0.15, 0.2) is 0 Å². The van der Waals surface area contributed by atoms with Crippen LogP contribution >= 0.6 is 23.2 Å². The minimum absolute atomic E-state index is 0.0850. The zero-order chi connectivity index (χ0) is 21.5. The highest BCUT2D eigenvalue weighted by Gasteiger charge is 2.17. The van der Waals surface area contributed by atoms with Crippen LogP contribution in [0.15, 0.2) is 60.9 Å². The molecule has 154 valence electrons. The van der Waals surface area contributed by atoms with Crippen molar-refractivity contribution in [2.24, 2.45) is 0 Å². The first-order valence-electron chi connectivity index (χ1n) is 9.09. The third kappa shape index (κ3) is 5.72. The van der Waals surface area contributed by atoms with Crippen LogP contribution in [0.1, 0.15) is 32.7 Å². The Balaban J connectivity index is 1.66. The van der Waals surface area contributed by atoms with Gasteiger partial charge < -0.3 is 15.2 Å². The van der Waals surface area contributed by atoms with E-state index in [1.165, 1.54) is 30.3 Å². The fourth-order valence-electron chi connectivity index (χ4n) is 2.77. The molecule has 0 aliphatic carbocycles. The lowest BCUT2D eigenvalue weighted by atomic mass is 10.1. The van der Waals surface area contributed by atoms with E-state index in [4.69, 9.17) is 27.9 Å². The maximum atomic E-state index is 12.5. The largest absolute Gasteiger partial charge is 0.494 e. The van der Waals surface area contributed by atoms with Crippen LogP contribution in [0.4, 0.5) is 5.69 Å². The number of carboxylic acids is 1. The monoisotopic (exact) mass is 444 g/mol. The summed E-state index contributed by atoms with van der Waals surface area (Å²) in [5.74, 6) is -1.32. The molecule has 1 aromatic heterocycles. The number of carbonyl (C=O) groups excluding carboxylic acids is 1. The van der Waals surface area contributed by atoms with Gasteiger partial charge in [-0.1, -0.05) is 29.3 Å². The maximum absolute atomic E-state index is 12.5. The number of benzene rings is 2. The van der Waals surface area contributed by atoms with Crippen molar-refractivity contribution in [1.29, 1.82) is 0 Å². The van der Waals surface area contributed by atoms with E-state index in [0.717, 1.165) is 18.4 Å². The van der Waals surface area contributed by atoms with Gasteiger partial charge >= 0.3 is 5.97 Å². The number of anilines is 1. The maximum Gasteiger partial charge on any atom is 0.337 e. The van der Waals surface area contributed by atoms with Gasteiger partial charge in [0, 0.05) is 17.4 Å². The average Bonchev–Trinajstić information content (AvgIpc) is 2.72. The van der Waals surface area contributed by atoms with Gasteiger partial charge in [-0.05, 0) is 60.9 Å². The van der Waals surface area contributed by atoms with Gasteiger partial charge in [-0.3, -0.25) is 9.78 Å². The van der Waals surface area contributed by atoms with Crippen LogP contribution in [0.5, 0.6) is 5.75 Å². The number of nitrogens with one attached hydrogen (secondary N) is 1. The van der Waals surface area contributed by atoms with Gasteiger partial charge in [0.1, 0.15) is 5.75 Å². The summed E-state index contributed by atoms with van der Waals surface area (Å²) < 4.78 is 5.66. The van der Waals surface area contributed by atoms with Crippen molar-refractivity contribution in [2.75, 3.05) is 11.9 Å². The summed E-state index contributed by atoms with van der Waals surface area (Å²) in [4.78, 5) is 28.2. The Bertz CT molecular complexity index is 1060. The van der Waals surface area contributed by atoms with Gasteiger partial charge in [0.25, 0.3) is 5.91 Å². The molecular formula is C22H18Cl2N2O4. The number of hydrogen-bond acceptors (Lipinski definition) is 4. The van der Waals surface area contributed by atoms with Crippen LogP contribution in [0.25, 0.3) is 0 Å². The van der Waals surface area contributed by atoms with E-state index in [2.05, 4.69) is 10.3 Å². The number of aryl methyl sites for hydroxylation is 1. The zero-order valence-corrected chi connectivity index (χ0v) is 17.3. The number of carboxylic acid groups (broad SMARTS) is 1. The lowest BCUT2D eigenvalue weighted by Gasteiger charge is -2.12. The first-order valence-corrected chi connectivity index (χ1v) is 9.85. The number of halogens is 2. The van der Waals surface area contributed by atoms with Gasteiger partial charge in [-0.25, -0.2) is 4.79 Å². The van der Waals surface area contributed by atoms with Gasteiger partial charge in [0.2, 0.25) is 0 Å². The number of hydrogen-bond donors (Lipinski definition) is 2. The van der Waals surface area contributed by atoms with Gasteiger partial charge in [-0.2, -0.15) is 0 Å². The van der Waals surface area contributed by atoms with Crippen LogP contribution in [0, 0.1) is 0 Å². The van der Waals surface area contributed by atoms with E-state index in [1.807, 2.05) is 12.1 Å². The summed E-state index contributed by atoms with van der Waals surface area (Å²) in [6.45, 7) is 0.417. The fourth-order valence-corrected chi connectivity index (χ4v) is 3.27. The van der Waals surface area contributed by atoms with Crippen molar-refractivity contribution in [2.45, 2.75) is 12.8 Å². The highest BCUT2D eigenvalue weighted by atomic mass is 35.5. The van der Waals surface area contributed by atoms with Crippen molar-refractivity contribution in [3.8, 4) is 5.75 Å². The summed E-state index contributed by atoms with van der Waals surface area (Å²) in [7, 11) is 0. The Labute approximate surface area is 183 Å². The normalized spacial score (nSPS) is 10.5. The lowest BCUT2D eigenvalue weighted by Crippen LogP contribution is -2.15. The summed E-state index contributed by atoms with van der Waals surface area (Å²) >= 11 is 11.9. The molecule has 8 heteroatoms. The molecule has 6 nitrogen and oxygen atoms in total. The van der Waals surface area contributed by atoms with E-state index in [0.29, 0.717) is 17.4 Å². The number of rotatable bonds is 8. The molecule has 1 amide bonds. The molecule has 0 atom stereocenters. The van der Waals surface area contributed by atoms with Gasteiger partial charge in [0.05, 0.1) is 28.4 Å². The molecule has 0 saturated carbocycles. The minimum atomic E-state index is -1.19. The molecule has 0 bridgehead atoms. The second-order valence-electron chi connectivity index (χ2n) is 6.40. The Morgan fingerprint density at radius 1 is 1.07 bits per heavy atom. The van der Waals surface area contributed by atoms with Crippen molar-refractivity contribution in [3.05, 3.63) is 87.7 Å². The second kappa shape index (κ2) is 10.1. The van der Waals surface area contributed by atoms with Crippen molar-refractivity contribution in [1.82, 2.24) is 4.98 Å². The van der Waals surface area contributed by atoms with E-state index in [-0.39, 0.29) is 21.8 Å². The molecule has 2 N–H and O–H groups in total. The van der Waals surface area contributed by atoms with E-state index >= 15 is 0 Å². The number of aromatic carboxylic acids is 1. The Hall–Kier alpha value is -3.09. The molecule has 0 radical (unpaired) electrons. The molecule has 0 aliphatic heterocycles. The molecular weight excluding hydrogens is 427 g/mol. The van der Waals surface area contributed by atoms with E-state index in [9.17, 15) is 14.7 Å². The number of aromatic nitrogens is 1. The predicted octanol–water partition coefficient (Wildman–Crippen LogP) is 5.35. The molecule has 0 aliphatic rings. The summed E-state index contributed by atoms with van der Waals surface area (Å²) in [5.41, 5.74) is 1.35. The van der Waals surface area contributed by atoms with Crippen LogP contribution in [-0.4, -0.2) is 28.6 Å². The number of nitrogens with zero attached hydrogens (tertiary/aromatic N) is 1. The highest BCUT2D eigenvalue weighted by Crippen LogP contribution is 2.26. The highest BCUT2D eigenvalue weighted by molar-refractivity contribution is 6.37. The Morgan fingerprint density at radius 3 is 2.60 bits per heavy atom. The molecule has 3 aromatic rings. The van der Waals surface area contributed by atoms with Crippen molar-refractivity contribution < 1.29 is 19.4 Å². The summed E-state index contributed by atoms with van der Waals surface area (Å²) in [5, 5.41) is 12.7. The van der Waals surface area contributed by atoms with E-state index in [1.54, 1.807) is 18.5 Å². The predicted molar refractivity (Wildman–Crippen MR) is 116 cm³/mol. The topological polar surface area (TPSA) is 88.5 Å². The number of ether oxygens (including phenoxy) is 1. The third-order valence-electron chi connectivity index (χ3n) is 4.25. The molecule has 0 saturated heterocycles. The molecule has 0 fully saturated rings. The Morgan fingerprint density at radius 2 is 1.90 bits per heavy atom. The van der Waals surface area contributed by atoms with Crippen LogP contribution in [0.2, 0.25) is 10.0 Å². The van der Waals surface area contributed by atoms with Gasteiger partial charge in [-0.15, -0.1) is 0 Å². The quantitative estimate of drug-likeness (QED) is 0.457. The molecule has 0 spiro atoms. The van der Waals surface area contributed by atoms with Crippen LogP contribution in [0.3, 0.4) is 0 Å². The second-order valence-corrected chi connectivity index (χ2v) is 7.25. The van der Waals surface area contributed by atoms with Crippen molar-refractivity contribution >= 4 is 40.8 Å². The smallest absolute Gasteiger partial charge is 0.337 e. The number of amides is 1. The zero-order valence-electron chi connectivity index (χ0n) is 15.8. The Kier molecular flexibility index (Phi) is 7.27. The summed E-state index contributed by atoms with van der Waals surface area (Å²) in [6.07, 6.45) is 5.07. The van der Waals surface area contributed by atoms with Crippen LogP contribution < -0.4 is 10.1 Å². The number of carbonyl (C=O) groups is 2. The average molecular weight is 445 g/mol. The van der Waals surface area contributed by atoms with Crippen molar-refractivity contribution in [3.63, 3.8) is 0 Å². The molecule has 30 heavy (non-hydrogen) atoms. The molecule has 3 rings (SSSR count). The lowest BCUT2D eigenvalue weighted by molar-refractivity contribution is 0.0697. The number of pyridine rings is 1. The summed E-state index contributed by atoms with van der Waals surface area (Å²) in [6, 6.07) is 12.8. The molecule has 1 heterocycles. The standard InChI is InChI=1S/C22H18Cl2N2O4/c23-15-5-7-17(19(24)11-15)21(27)26-20-8-6-16(12-18(20)22(28)29)30-10-2-4-14-3-1-9-25-13-14/h1,3,5-9,11-13H,2,4,10H2,(H,26,27)(H,28,29). The molecule has 2 aromatic carbocycles. The van der Waals surface area contributed by atoms with E-state index < -0.39 is 11.9 Å².